The first-order valence-corrected chi connectivity index (χ1v) is 3.98. The molecule has 0 saturated heterocycles. The van der Waals surface area contributed by atoms with E-state index in [4.69, 9.17) is 0 Å². The Morgan fingerprint density at radius 3 is 2.64 bits per heavy atom. The van der Waals surface area contributed by atoms with E-state index in [2.05, 4.69) is 5.10 Å². The van der Waals surface area contributed by atoms with E-state index in [0.717, 1.165) is 4.68 Å². The molecule has 0 radical (unpaired) electrons. The van der Waals surface area contributed by atoms with Crippen molar-refractivity contribution in [1.29, 1.82) is 0 Å². The highest BCUT2D eigenvalue weighted by Crippen LogP contribution is 2.20. The SMILES string of the molecule is Cc1nn(CCC(F)(F)F)cc1C=O. The third-order valence-corrected chi connectivity index (χ3v) is 1.74. The van der Waals surface area contributed by atoms with Crippen molar-refractivity contribution in [2.24, 2.45) is 0 Å². The fraction of sp³-hybridized carbons (Fsp3) is 0.500. The van der Waals surface area contributed by atoms with Gasteiger partial charge in [0.05, 0.1) is 17.7 Å². The average Bonchev–Trinajstić information content (AvgIpc) is 2.42. The van der Waals surface area contributed by atoms with Gasteiger partial charge in [0, 0.05) is 12.7 Å². The van der Waals surface area contributed by atoms with Crippen LogP contribution in [-0.4, -0.2) is 22.2 Å². The Hall–Kier alpha value is -1.33. The van der Waals surface area contributed by atoms with Crippen molar-refractivity contribution in [2.75, 3.05) is 0 Å². The number of aryl methyl sites for hydroxylation is 2. The molecule has 14 heavy (non-hydrogen) atoms. The van der Waals surface area contributed by atoms with E-state index in [-0.39, 0.29) is 6.54 Å². The second-order valence-corrected chi connectivity index (χ2v) is 2.92. The van der Waals surface area contributed by atoms with Crippen molar-refractivity contribution in [2.45, 2.75) is 26.1 Å². The van der Waals surface area contributed by atoms with E-state index in [1.807, 2.05) is 0 Å². The van der Waals surface area contributed by atoms with Crippen LogP contribution in [0.15, 0.2) is 6.20 Å². The number of aromatic nitrogens is 2. The van der Waals surface area contributed by atoms with Gasteiger partial charge in [-0.25, -0.2) is 0 Å². The summed E-state index contributed by atoms with van der Waals surface area (Å²) in [6, 6.07) is 0. The fourth-order valence-corrected chi connectivity index (χ4v) is 1.00. The average molecular weight is 206 g/mol. The molecule has 1 aromatic heterocycles. The summed E-state index contributed by atoms with van der Waals surface area (Å²) in [6.07, 6.45) is -3.24. The van der Waals surface area contributed by atoms with Crippen LogP contribution in [-0.2, 0) is 6.54 Å². The molecule has 0 aliphatic rings. The lowest BCUT2D eigenvalue weighted by Crippen LogP contribution is -2.12. The van der Waals surface area contributed by atoms with Crippen LogP contribution in [0, 0.1) is 6.92 Å². The number of nitrogens with zero attached hydrogens (tertiary/aromatic N) is 2. The number of carbonyl (C=O) groups excluding carboxylic acids is 1. The summed E-state index contributed by atoms with van der Waals surface area (Å²) in [5.41, 5.74) is 0.773. The van der Waals surface area contributed by atoms with E-state index in [9.17, 15) is 18.0 Å². The number of carbonyl (C=O) groups is 1. The van der Waals surface area contributed by atoms with Gasteiger partial charge in [-0.05, 0) is 6.92 Å². The van der Waals surface area contributed by atoms with Crippen molar-refractivity contribution < 1.29 is 18.0 Å². The van der Waals surface area contributed by atoms with Crippen LogP contribution in [0.2, 0.25) is 0 Å². The smallest absolute Gasteiger partial charge is 0.298 e. The van der Waals surface area contributed by atoms with Crippen molar-refractivity contribution in [3.8, 4) is 0 Å². The molecule has 0 N–H and O–H groups in total. The minimum absolute atomic E-state index is 0.252. The van der Waals surface area contributed by atoms with Crippen LogP contribution in [0.4, 0.5) is 13.2 Å². The molecular weight excluding hydrogens is 197 g/mol. The zero-order valence-corrected chi connectivity index (χ0v) is 7.51. The van der Waals surface area contributed by atoms with E-state index < -0.39 is 12.6 Å². The molecule has 0 amide bonds. The van der Waals surface area contributed by atoms with Gasteiger partial charge in [0.25, 0.3) is 0 Å². The van der Waals surface area contributed by atoms with Gasteiger partial charge in [-0.1, -0.05) is 0 Å². The number of aldehydes is 1. The minimum atomic E-state index is -4.19. The van der Waals surface area contributed by atoms with Gasteiger partial charge in [-0.3, -0.25) is 9.48 Å². The maximum atomic E-state index is 11.8. The van der Waals surface area contributed by atoms with Gasteiger partial charge in [-0.2, -0.15) is 18.3 Å². The van der Waals surface area contributed by atoms with Crippen LogP contribution >= 0.6 is 0 Å². The second-order valence-electron chi connectivity index (χ2n) is 2.92. The first-order chi connectivity index (χ1) is 6.42. The van der Waals surface area contributed by atoms with E-state index in [0.29, 0.717) is 17.5 Å². The molecule has 1 aromatic rings. The summed E-state index contributed by atoms with van der Waals surface area (Å²) < 4.78 is 36.6. The Morgan fingerprint density at radius 2 is 2.21 bits per heavy atom. The molecule has 1 rings (SSSR count). The molecule has 78 valence electrons. The van der Waals surface area contributed by atoms with Crippen molar-refractivity contribution in [1.82, 2.24) is 9.78 Å². The van der Waals surface area contributed by atoms with Crippen molar-refractivity contribution >= 4 is 6.29 Å². The van der Waals surface area contributed by atoms with E-state index >= 15 is 0 Å². The monoisotopic (exact) mass is 206 g/mol. The summed E-state index contributed by atoms with van der Waals surface area (Å²) >= 11 is 0. The van der Waals surface area contributed by atoms with Gasteiger partial charge in [-0.15, -0.1) is 0 Å². The van der Waals surface area contributed by atoms with Crippen LogP contribution in [0.1, 0.15) is 22.5 Å². The molecule has 0 aliphatic carbocycles. The largest absolute Gasteiger partial charge is 0.390 e. The molecule has 0 spiro atoms. The van der Waals surface area contributed by atoms with E-state index in [1.165, 1.54) is 6.20 Å². The molecule has 0 saturated carbocycles. The van der Waals surface area contributed by atoms with E-state index in [1.54, 1.807) is 6.92 Å². The highest BCUT2D eigenvalue weighted by molar-refractivity contribution is 5.75. The van der Waals surface area contributed by atoms with Crippen molar-refractivity contribution in [3.63, 3.8) is 0 Å². The summed E-state index contributed by atoms with van der Waals surface area (Å²) in [7, 11) is 0. The maximum Gasteiger partial charge on any atom is 0.390 e. The molecule has 6 heteroatoms. The molecule has 0 fully saturated rings. The summed E-state index contributed by atoms with van der Waals surface area (Å²) in [5, 5.41) is 3.77. The normalized spacial score (nSPS) is 11.7. The Bertz CT molecular complexity index is 330. The Kier molecular flexibility index (Phi) is 2.93. The van der Waals surface area contributed by atoms with Crippen LogP contribution < -0.4 is 0 Å². The van der Waals surface area contributed by atoms with Crippen LogP contribution in [0.3, 0.4) is 0 Å². The van der Waals surface area contributed by atoms with Gasteiger partial charge < -0.3 is 0 Å². The molecular formula is C8H9F3N2O. The lowest BCUT2D eigenvalue weighted by molar-refractivity contribution is -0.137. The van der Waals surface area contributed by atoms with Crippen molar-refractivity contribution in [3.05, 3.63) is 17.5 Å². The van der Waals surface area contributed by atoms with Gasteiger partial charge >= 0.3 is 6.18 Å². The number of alkyl halides is 3. The number of rotatable bonds is 3. The molecule has 0 aliphatic heterocycles. The van der Waals surface area contributed by atoms with Gasteiger partial charge in [0.2, 0.25) is 0 Å². The lowest BCUT2D eigenvalue weighted by atomic mass is 10.3. The Balaban J connectivity index is 2.64. The van der Waals surface area contributed by atoms with Crippen LogP contribution in [0.5, 0.6) is 0 Å². The lowest BCUT2D eigenvalue weighted by Gasteiger charge is -2.05. The summed E-state index contributed by atoms with van der Waals surface area (Å²) in [6.45, 7) is 1.33. The molecule has 0 unspecified atom stereocenters. The zero-order chi connectivity index (χ0) is 10.8. The molecule has 0 atom stereocenters. The molecule has 0 bridgehead atoms. The van der Waals surface area contributed by atoms with Gasteiger partial charge in [0.1, 0.15) is 0 Å². The highest BCUT2D eigenvalue weighted by atomic mass is 19.4. The predicted molar refractivity (Wildman–Crippen MR) is 43.0 cm³/mol. The predicted octanol–water partition coefficient (Wildman–Crippen LogP) is 1.96. The minimum Gasteiger partial charge on any atom is -0.298 e. The zero-order valence-electron chi connectivity index (χ0n) is 7.51. The first-order valence-electron chi connectivity index (χ1n) is 3.98. The summed E-state index contributed by atoms with van der Waals surface area (Å²) in [5.74, 6) is 0. The number of halogens is 3. The topological polar surface area (TPSA) is 34.9 Å². The highest BCUT2D eigenvalue weighted by Gasteiger charge is 2.26. The molecule has 3 nitrogen and oxygen atoms in total. The quantitative estimate of drug-likeness (QED) is 0.708. The number of hydrogen-bond donors (Lipinski definition) is 0. The Morgan fingerprint density at radius 1 is 1.57 bits per heavy atom. The second kappa shape index (κ2) is 3.81. The first kappa shape index (κ1) is 10.7. The molecule has 0 aromatic carbocycles. The van der Waals surface area contributed by atoms with Gasteiger partial charge in [0.15, 0.2) is 6.29 Å². The third kappa shape index (κ3) is 2.86. The fourth-order valence-electron chi connectivity index (χ4n) is 1.00. The molecule has 1 heterocycles. The Labute approximate surface area is 78.5 Å². The maximum absolute atomic E-state index is 11.8. The van der Waals surface area contributed by atoms with Crippen LogP contribution in [0.25, 0.3) is 0 Å². The number of hydrogen-bond acceptors (Lipinski definition) is 2. The third-order valence-electron chi connectivity index (χ3n) is 1.74. The standard InChI is InChI=1S/C8H9F3N2O/c1-6-7(5-14)4-13(12-6)3-2-8(9,10)11/h4-5H,2-3H2,1H3. The summed E-state index contributed by atoms with van der Waals surface area (Å²) in [4.78, 5) is 10.4.